The fourth-order valence-electron chi connectivity index (χ4n) is 1.48. The summed E-state index contributed by atoms with van der Waals surface area (Å²) in [6.45, 7) is -0.0828. The van der Waals surface area contributed by atoms with Gasteiger partial charge in [0, 0.05) is 16.8 Å². The second kappa shape index (κ2) is 5.81. The summed E-state index contributed by atoms with van der Waals surface area (Å²) in [6, 6.07) is 10.8. The fraction of sp³-hybridized carbons (Fsp3) is 0.0769. The summed E-state index contributed by atoms with van der Waals surface area (Å²) < 4.78 is 0. The molecular formula is C13H8ClN5. The standard InChI is InChI=1S/C13H8ClN5/c14-11-3-1-10(2-4-11)12-5-7-17-13(18-12)19(9-16)8-6-15/h1-5,7H,8H2. The Morgan fingerprint density at radius 1 is 1.16 bits per heavy atom. The number of benzene rings is 1. The third-order valence-electron chi connectivity index (χ3n) is 2.37. The van der Waals surface area contributed by atoms with Crippen LogP contribution in [0.15, 0.2) is 36.5 Å². The lowest BCUT2D eigenvalue weighted by Crippen LogP contribution is -2.19. The average Bonchev–Trinajstić information content (AvgIpc) is 2.45. The van der Waals surface area contributed by atoms with E-state index in [4.69, 9.17) is 22.1 Å². The van der Waals surface area contributed by atoms with Gasteiger partial charge in [-0.15, -0.1) is 0 Å². The Balaban J connectivity index is 2.37. The van der Waals surface area contributed by atoms with E-state index in [0.717, 1.165) is 10.5 Å². The zero-order chi connectivity index (χ0) is 13.7. The van der Waals surface area contributed by atoms with E-state index in [1.54, 1.807) is 24.4 Å². The third kappa shape index (κ3) is 2.98. The Kier molecular flexibility index (Phi) is 3.92. The molecule has 6 heteroatoms. The number of hydrogen-bond donors (Lipinski definition) is 0. The highest BCUT2D eigenvalue weighted by Gasteiger charge is 2.09. The Morgan fingerprint density at radius 3 is 2.53 bits per heavy atom. The van der Waals surface area contributed by atoms with Gasteiger partial charge in [-0.3, -0.25) is 0 Å². The summed E-state index contributed by atoms with van der Waals surface area (Å²) in [4.78, 5) is 9.37. The first-order valence-corrected chi connectivity index (χ1v) is 5.75. The van der Waals surface area contributed by atoms with Crippen molar-refractivity contribution in [2.75, 3.05) is 11.4 Å². The van der Waals surface area contributed by atoms with Gasteiger partial charge in [0.05, 0.1) is 11.8 Å². The largest absolute Gasteiger partial charge is 0.240 e. The highest BCUT2D eigenvalue weighted by atomic mass is 35.5. The smallest absolute Gasteiger partial charge is 0.233 e. The van der Waals surface area contributed by atoms with Crippen LogP contribution in [-0.4, -0.2) is 16.5 Å². The van der Waals surface area contributed by atoms with E-state index in [2.05, 4.69) is 9.97 Å². The second-order valence-corrected chi connectivity index (χ2v) is 4.03. The molecule has 1 aromatic heterocycles. The molecule has 0 amide bonds. The van der Waals surface area contributed by atoms with Crippen LogP contribution in [0.5, 0.6) is 0 Å². The normalized spacial score (nSPS) is 9.42. The number of rotatable bonds is 3. The van der Waals surface area contributed by atoms with Crippen molar-refractivity contribution in [3.05, 3.63) is 41.6 Å². The first kappa shape index (κ1) is 12.8. The van der Waals surface area contributed by atoms with Gasteiger partial charge in [0.1, 0.15) is 6.54 Å². The molecule has 1 aromatic carbocycles. The van der Waals surface area contributed by atoms with Crippen LogP contribution in [0.4, 0.5) is 5.95 Å². The van der Waals surface area contributed by atoms with Gasteiger partial charge in [-0.05, 0) is 18.2 Å². The molecule has 0 aliphatic carbocycles. The first-order chi connectivity index (χ1) is 9.24. The number of hydrogen-bond acceptors (Lipinski definition) is 5. The van der Waals surface area contributed by atoms with Crippen molar-refractivity contribution in [3.63, 3.8) is 0 Å². The predicted octanol–water partition coefficient (Wildman–Crippen LogP) is 2.61. The summed E-state index contributed by atoms with van der Waals surface area (Å²) in [7, 11) is 0. The van der Waals surface area contributed by atoms with Crippen molar-refractivity contribution in [2.24, 2.45) is 0 Å². The summed E-state index contributed by atoms with van der Waals surface area (Å²) in [5.74, 6) is 0.205. The lowest BCUT2D eigenvalue weighted by molar-refractivity contribution is 0.997. The van der Waals surface area contributed by atoms with Crippen molar-refractivity contribution >= 4 is 17.5 Å². The van der Waals surface area contributed by atoms with Crippen LogP contribution in [0.3, 0.4) is 0 Å². The van der Waals surface area contributed by atoms with E-state index < -0.39 is 0 Å². The SMILES string of the molecule is N#CCN(C#N)c1nccc(-c2ccc(Cl)cc2)n1. The lowest BCUT2D eigenvalue weighted by atomic mass is 10.1. The van der Waals surface area contributed by atoms with Gasteiger partial charge < -0.3 is 0 Å². The zero-order valence-corrected chi connectivity index (χ0v) is 10.5. The maximum Gasteiger partial charge on any atom is 0.240 e. The van der Waals surface area contributed by atoms with Crippen LogP contribution in [-0.2, 0) is 0 Å². The molecule has 0 atom stereocenters. The lowest BCUT2D eigenvalue weighted by Gasteiger charge is -2.10. The molecule has 2 rings (SSSR count). The highest BCUT2D eigenvalue weighted by Crippen LogP contribution is 2.20. The van der Waals surface area contributed by atoms with Crippen molar-refractivity contribution < 1.29 is 0 Å². The quantitative estimate of drug-likeness (QED) is 0.486. The fourth-order valence-corrected chi connectivity index (χ4v) is 1.61. The van der Waals surface area contributed by atoms with Gasteiger partial charge in [-0.1, -0.05) is 23.7 Å². The third-order valence-corrected chi connectivity index (χ3v) is 2.63. The molecule has 0 N–H and O–H groups in total. The van der Waals surface area contributed by atoms with E-state index in [1.165, 1.54) is 0 Å². The van der Waals surface area contributed by atoms with Gasteiger partial charge in [0.2, 0.25) is 5.95 Å². The Bertz CT molecular complexity index is 654. The number of nitrogens with zero attached hydrogens (tertiary/aromatic N) is 5. The van der Waals surface area contributed by atoms with Crippen molar-refractivity contribution in [2.45, 2.75) is 0 Å². The molecule has 0 radical (unpaired) electrons. The van der Waals surface area contributed by atoms with Gasteiger partial charge >= 0.3 is 0 Å². The molecule has 0 saturated carbocycles. The molecule has 0 aliphatic heterocycles. The zero-order valence-electron chi connectivity index (χ0n) is 9.79. The number of halogens is 1. The van der Waals surface area contributed by atoms with E-state index in [9.17, 15) is 0 Å². The second-order valence-electron chi connectivity index (χ2n) is 3.59. The maximum absolute atomic E-state index is 8.94. The molecule has 0 unspecified atom stereocenters. The monoisotopic (exact) mass is 269 g/mol. The Morgan fingerprint density at radius 2 is 1.89 bits per heavy atom. The Labute approximate surface area is 115 Å². The van der Waals surface area contributed by atoms with Crippen molar-refractivity contribution in [1.29, 1.82) is 10.5 Å². The average molecular weight is 270 g/mol. The van der Waals surface area contributed by atoms with Crippen molar-refractivity contribution in [3.8, 4) is 23.5 Å². The minimum Gasteiger partial charge on any atom is -0.233 e. The van der Waals surface area contributed by atoms with Crippen LogP contribution in [0.1, 0.15) is 0 Å². The molecule has 0 saturated heterocycles. The first-order valence-electron chi connectivity index (χ1n) is 5.38. The van der Waals surface area contributed by atoms with Crippen LogP contribution in [0.25, 0.3) is 11.3 Å². The topological polar surface area (TPSA) is 76.6 Å². The summed E-state index contributed by atoms with van der Waals surface area (Å²) in [6.07, 6.45) is 3.42. The van der Waals surface area contributed by atoms with Gasteiger partial charge in [-0.2, -0.15) is 10.5 Å². The van der Waals surface area contributed by atoms with Crippen LogP contribution < -0.4 is 4.90 Å². The van der Waals surface area contributed by atoms with Gasteiger partial charge in [0.15, 0.2) is 6.19 Å². The number of anilines is 1. The van der Waals surface area contributed by atoms with Crippen molar-refractivity contribution in [1.82, 2.24) is 9.97 Å². The van der Waals surface area contributed by atoms with Gasteiger partial charge in [-0.25, -0.2) is 14.9 Å². The predicted molar refractivity (Wildman–Crippen MR) is 71.1 cm³/mol. The van der Waals surface area contributed by atoms with E-state index in [1.807, 2.05) is 24.4 Å². The molecule has 92 valence electrons. The molecule has 0 bridgehead atoms. The minimum absolute atomic E-state index is 0.0828. The Hall–Kier alpha value is -2.63. The summed E-state index contributed by atoms with van der Waals surface area (Å²) in [5.41, 5.74) is 1.53. The minimum atomic E-state index is -0.0828. The number of aromatic nitrogens is 2. The molecule has 0 fully saturated rings. The van der Waals surface area contributed by atoms with E-state index in [0.29, 0.717) is 10.7 Å². The molecular weight excluding hydrogens is 262 g/mol. The molecule has 19 heavy (non-hydrogen) atoms. The molecule has 0 aliphatic rings. The summed E-state index contributed by atoms with van der Waals surface area (Å²) >= 11 is 5.82. The molecule has 0 spiro atoms. The highest BCUT2D eigenvalue weighted by molar-refractivity contribution is 6.30. The van der Waals surface area contributed by atoms with Crippen LogP contribution in [0.2, 0.25) is 5.02 Å². The van der Waals surface area contributed by atoms with E-state index >= 15 is 0 Å². The maximum atomic E-state index is 8.94. The van der Waals surface area contributed by atoms with E-state index in [-0.39, 0.29) is 12.5 Å². The van der Waals surface area contributed by atoms with Gasteiger partial charge in [0.25, 0.3) is 0 Å². The molecule has 1 heterocycles. The summed E-state index contributed by atoms with van der Waals surface area (Å²) in [5, 5.41) is 18.2. The van der Waals surface area contributed by atoms with Crippen LogP contribution in [0, 0.1) is 22.8 Å². The van der Waals surface area contributed by atoms with Crippen LogP contribution >= 0.6 is 11.6 Å². The number of nitriles is 2. The molecule has 5 nitrogen and oxygen atoms in total. The molecule has 2 aromatic rings.